The topological polar surface area (TPSA) is 0 Å². The average molecular weight is 453 g/mol. The van der Waals surface area contributed by atoms with Crippen molar-refractivity contribution in [2.75, 3.05) is 0 Å². The molecule has 4 aromatic rings. The van der Waals surface area contributed by atoms with Crippen LogP contribution < -0.4 is 0 Å². The zero-order valence-electron chi connectivity index (χ0n) is 18.7. The molecule has 164 valence electrons. The molecule has 0 unspecified atom stereocenters. The minimum Gasteiger partial charge on any atom is -0.205 e. The molecule has 0 N–H and O–H groups in total. The molecule has 0 bridgehead atoms. The molecule has 0 spiro atoms. The van der Waals surface area contributed by atoms with Gasteiger partial charge in [0.15, 0.2) is 0 Å². The fraction of sp³-hybridized carbons (Fsp3) is 0.161. The Kier molecular flexibility index (Phi) is 7.61. The van der Waals surface area contributed by atoms with Crippen LogP contribution in [-0.4, -0.2) is 0 Å². The Morgan fingerprint density at radius 1 is 0.758 bits per heavy atom. The van der Waals surface area contributed by atoms with Gasteiger partial charge in [-0.15, -0.1) is 0 Å². The van der Waals surface area contributed by atoms with E-state index in [1.54, 1.807) is 18.2 Å². The molecule has 0 fully saturated rings. The maximum absolute atomic E-state index is 15.0. The van der Waals surface area contributed by atoms with Crippen LogP contribution in [0.5, 0.6) is 0 Å². The van der Waals surface area contributed by atoms with E-state index >= 15 is 4.39 Å². The molecule has 4 aromatic carbocycles. The normalized spacial score (nSPS) is 11.0. The van der Waals surface area contributed by atoms with Crippen molar-refractivity contribution in [3.05, 3.63) is 130 Å². The largest absolute Gasteiger partial charge is 0.205 e. The van der Waals surface area contributed by atoms with Crippen molar-refractivity contribution >= 4 is 22.4 Å². The SMILES string of the molecule is C/C=C/CCc1ccc(CCc2ccc3c(F)c(C#Cc4ccc(Cl)cc4)ccc3c2)cc1. The number of allylic oxidation sites excluding steroid dienone is 2. The third-order valence-corrected chi connectivity index (χ3v) is 6.02. The third kappa shape index (κ3) is 6.13. The van der Waals surface area contributed by atoms with Crippen molar-refractivity contribution in [3.8, 4) is 11.8 Å². The molecular formula is C31H26ClF. The van der Waals surface area contributed by atoms with E-state index in [4.69, 9.17) is 11.6 Å². The highest BCUT2D eigenvalue weighted by atomic mass is 35.5. The van der Waals surface area contributed by atoms with Crippen molar-refractivity contribution < 1.29 is 4.39 Å². The van der Waals surface area contributed by atoms with E-state index in [0.29, 0.717) is 16.0 Å². The van der Waals surface area contributed by atoms with Gasteiger partial charge in [0.05, 0.1) is 5.56 Å². The zero-order chi connectivity index (χ0) is 23.0. The number of rotatable bonds is 6. The van der Waals surface area contributed by atoms with Gasteiger partial charge in [-0.3, -0.25) is 0 Å². The van der Waals surface area contributed by atoms with Gasteiger partial charge in [0, 0.05) is 16.0 Å². The maximum atomic E-state index is 15.0. The lowest BCUT2D eigenvalue weighted by atomic mass is 9.98. The van der Waals surface area contributed by atoms with Gasteiger partial charge in [0.25, 0.3) is 0 Å². The van der Waals surface area contributed by atoms with Crippen LogP contribution in [0.3, 0.4) is 0 Å². The molecule has 0 saturated carbocycles. The minimum atomic E-state index is -0.269. The number of fused-ring (bicyclic) bond motifs is 1. The van der Waals surface area contributed by atoms with E-state index < -0.39 is 0 Å². The van der Waals surface area contributed by atoms with Crippen LogP contribution in [0, 0.1) is 17.7 Å². The molecular weight excluding hydrogens is 427 g/mol. The van der Waals surface area contributed by atoms with Crippen molar-refractivity contribution in [2.24, 2.45) is 0 Å². The molecule has 33 heavy (non-hydrogen) atoms. The summed E-state index contributed by atoms with van der Waals surface area (Å²) in [6.07, 6.45) is 8.34. The van der Waals surface area contributed by atoms with Gasteiger partial charge in [-0.25, -0.2) is 4.39 Å². The third-order valence-electron chi connectivity index (χ3n) is 5.76. The molecule has 0 aliphatic rings. The highest BCUT2D eigenvalue weighted by Gasteiger charge is 2.07. The van der Waals surface area contributed by atoms with Gasteiger partial charge in [-0.1, -0.05) is 84.1 Å². The Labute approximate surface area is 200 Å². The first-order valence-electron chi connectivity index (χ1n) is 11.3. The van der Waals surface area contributed by atoms with Crippen LogP contribution in [0.2, 0.25) is 5.02 Å². The first-order valence-corrected chi connectivity index (χ1v) is 11.7. The van der Waals surface area contributed by atoms with Gasteiger partial charge in [0.1, 0.15) is 5.82 Å². The Hall–Kier alpha value is -3.34. The molecule has 0 nitrogen and oxygen atoms in total. The molecule has 2 heteroatoms. The zero-order valence-corrected chi connectivity index (χ0v) is 19.5. The summed E-state index contributed by atoms with van der Waals surface area (Å²) in [6.45, 7) is 2.06. The van der Waals surface area contributed by atoms with Crippen LogP contribution in [0.25, 0.3) is 10.8 Å². The number of hydrogen-bond acceptors (Lipinski definition) is 0. The summed E-state index contributed by atoms with van der Waals surface area (Å²) in [5.41, 5.74) is 5.11. The predicted octanol–water partition coefficient (Wildman–Crippen LogP) is 8.33. The fourth-order valence-electron chi connectivity index (χ4n) is 3.84. The van der Waals surface area contributed by atoms with Crippen molar-refractivity contribution in [1.29, 1.82) is 0 Å². The van der Waals surface area contributed by atoms with Gasteiger partial charge in [0.2, 0.25) is 0 Å². The van der Waals surface area contributed by atoms with Crippen LogP contribution in [0.1, 0.15) is 41.2 Å². The second-order valence-corrected chi connectivity index (χ2v) is 8.60. The Balaban J connectivity index is 1.44. The van der Waals surface area contributed by atoms with E-state index in [-0.39, 0.29) is 5.82 Å². The van der Waals surface area contributed by atoms with Crippen molar-refractivity contribution in [2.45, 2.75) is 32.6 Å². The van der Waals surface area contributed by atoms with E-state index in [1.165, 1.54) is 16.7 Å². The summed E-state index contributed by atoms with van der Waals surface area (Å²) in [4.78, 5) is 0. The molecule has 0 aliphatic carbocycles. The van der Waals surface area contributed by atoms with Gasteiger partial charge in [-0.2, -0.15) is 0 Å². The summed E-state index contributed by atoms with van der Waals surface area (Å²) in [5.74, 6) is 5.69. The second-order valence-electron chi connectivity index (χ2n) is 8.16. The smallest absolute Gasteiger partial charge is 0.146 e. The molecule has 4 rings (SSSR count). The summed E-state index contributed by atoms with van der Waals surface area (Å²) >= 11 is 5.91. The van der Waals surface area contributed by atoms with Gasteiger partial charge < -0.3 is 0 Å². The molecule has 0 atom stereocenters. The van der Waals surface area contributed by atoms with E-state index in [0.717, 1.165) is 36.6 Å². The number of benzene rings is 4. The lowest BCUT2D eigenvalue weighted by Gasteiger charge is -2.07. The molecule has 0 radical (unpaired) electrons. The second kappa shape index (κ2) is 11.0. The summed E-state index contributed by atoms with van der Waals surface area (Å²) in [5, 5.41) is 2.17. The summed E-state index contributed by atoms with van der Waals surface area (Å²) < 4.78 is 15.0. The first kappa shape index (κ1) is 22.8. The van der Waals surface area contributed by atoms with E-state index in [9.17, 15) is 0 Å². The van der Waals surface area contributed by atoms with Crippen molar-refractivity contribution in [1.82, 2.24) is 0 Å². The maximum Gasteiger partial charge on any atom is 0.146 e. The molecule has 0 saturated heterocycles. The standard InChI is InChI=1S/C31H26ClF/c1-2-3-4-5-23-6-8-24(9-7-23)10-11-26-15-21-30-28(22-26)18-17-27(31(30)33)16-12-25-13-19-29(32)20-14-25/h2-3,6-9,13-15,17-22H,4-5,10-11H2,1H3/b3-2+. The van der Waals surface area contributed by atoms with Gasteiger partial charge in [-0.05, 0) is 85.0 Å². The van der Waals surface area contributed by atoms with Crippen LogP contribution in [-0.2, 0) is 19.3 Å². The monoisotopic (exact) mass is 452 g/mol. The lowest BCUT2D eigenvalue weighted by Crippen LogP contribution is -1.94. The predicted molar refractivity (Wildman–Crippen MR) is 138 cm³/mol. The van der Waals surface area contributed by atoms with Crippen LogP contribution in [0.15, 0.2) is 91.0 Å². The average Bonchev–Trinajstić information content (AvgIpc) is 2.84. The number of hydrogen-bond donors (Lipinski definition) is 0. The Morgan fingerprint density at radius 2 is 1.42 bits per heavy atom. The summed E-state index contributed by atoms with van der Waals surface area (Å²) in [6, 6.07) is 25.8. The van der Waals surface area contributed by atoms with Crippen LogP contribution in [0.4, 0.5) is 4.39 Å². The quantitative estimate of drug-likeness (QED) is 0.204. The van der Waals surface area contributed by atoms with Crippen molar-refractivity contribution in [3.63, 3.8) is 0 Å². The molecule has 0 heterocycles. The number of aryl methyl sites for hydroxylation is 3. The van der Waals surface area contributed by atoms with E-state index in [2.05, 4.69) is 61.2 Å². The Morgan fingerprint density at radius 3 is 2.15 bits per heavy atom. The fourth-order valence-corrected chi connectivity index (χ4v) is 3.97. The first-order chi connectivity index (χ1) is 16.1. The highest BCUT2D eigenvalue weighted by Crippen LogP contribution is 2.23. The highest BCUT2D eigenvalue weighted by molar-refractivity contribution is 6.30. The van der Waals surface area contributed by atoms with E-state index in [1.807, 2.05) is 30.3 Å². The van der Waals surface area contributed by atoms with Gasteiger partial charge >= 0.3 is 0 Å². The lowest BCUT2D eigenvalue weighted by molar-refractivity contribution is 0.636. The number of halogens is 2. The molecule has 0 amide bonds. The Bertz CT molecular complexity index is 1320. The minimum absolute atomic E-state index is 0.269. The molecule has 0 aromatic heterocycles. The molecule has 0 aliphatic heterocycles. The van der Waals surface area contributed by atoms with Crippen LogP contribution >= 0.6 is 11.6 Å². The summed E-state index contributed by atoms with van der Waals surface area (Å²) in [7, 11) is 0.